The first kappa shape index (κ1) is 26.4. The van der Waals surface area contributed by atoms with Gasteiger partial charge in [0.15, 0.2) is 0 Å². The molecule has 1 unspecified atom stereocenters. The number of nitrogens with zero attached hydrogens (tertiary/aromatic N) is 2. The van der Waals surface area contributed by atoms with Gasteiger partial charge in [0, 0.05) is 43.8 Å². The van der Waals surface area contributed by atoms with Crippen molar-refractivity contribution >= 4 is 11.7 Å². The number of carbonyl (C=O) groups excluding carboxylic acids is 1. The summed E-state index contributed by atoms with van der Waals surface area (Å²) >= 11 is 0. The molecule has 2 atom stereocenters. The number of urea groups is 1. The summed E-state index contributed by atoms with van der Waals surface area (Å²) < 4.78 is 0. The molecule has 3 aromatic rings. The van der Waals surface area contributed by atoms with Crippen molar-refractivity contribution < 1.29 is 9.90 Å². The number of β-amino-alcohol motifs (C(OH)–C–C–N with tert-alkyl or cyclic N) is 1. The van der Waals surface area contributed by atoms with Crippen molar-refractivity contribution in [3.8, 4) is 11.1 Å². The van der Waals surface area contributed by atoms with Gasteiger partial charge in [-0.3, -0.25) is 4.90 Å². The zero-order valence-corrected chi connectivity index (χ0v) is 22.1. The smallest absolute Gasteiger partial charge is 0.319 e. The monoisotopic (exact) mass is 512 g/mol. The summed E-state index contributed by atoms with van der Waals surface area (Å²) in [5, 5.41) is 17.2. The van der Waals surface area contributed by atoms with E-state index < -0.39 is 0 Å². The van der Waals surface area contributed by atoms with Crippen LogP contribution in [0.5, 0.6) is 0 Å². The Morgan fingerprint density at radius 3 is 2.26 bits per heavy atom. The van der Waals surface area contributed by atoms with Crippen LogP contribution in [0.1, 0.15) is 43.7 Å². The largest absolute Gasteiger partial charge is 0.390 e. The lowest BCUT2D eigenvalue weighted by molar-refractivity contribution is 0.0379. The van der Waals surface area contributed by atoms with Crippen molar-refractivity contribution in [1.82, 2.24) is 15.1 Å². The number of aliphatic hydroxyl groups excluding tert-OH is 1. The van der Waals surface area contributed by atoms with Crippen molar-refractivity contribution in [2.24, 2.45) is 0 Å². The van der Waals surface area contributed by atoms with Gasteiger partial charge in [-0.2, -0.15) is 0 Å². The molecule has 6 nitrogen and oxygen atoms in total. The number of aliphatic hydroxyl groups is 1. The van der Waals surface area contributed by atoms with Gasteiger partial charge in [0.2, 0.25) is 0 Å². The standard InChI is InChI=1S/C32H40N4O2/c37-28(24-36-20-10-9-17-31(36)26-13-5-2-6-14-26)23-35-21-18-27(19-22-35)33-32(38)34-30-16-8-7-15-29(30)25-11-3-1-4-12-25/h1-8,11-16,27-28,31,37H,9-10,17-24H2,(H2,33,34,38)/t28?,31-/m0/s1. The number of anilines is 1. The minimum atomic E-state index is -0.374. The van der Waals surface area contributed by atoms with E-state index in [-0.39, 0.29) is 18.2 Å². The molecule has 200 valence electrons. The minimum absolute atomic E-state index is 0.136. The van der Waals surface area contributed by atoms with E-state index in [0.717, 1.165) is 55.7 Å². The van der Waals surface area contributed by atoms with E-state index in [2.05, 4.69) is 62.9 Å². The fourth-order valence-corrected chi connectivity index (χ4v) is 5.95. The van der Waals surface area contributed by atoms with Crippen LogP contribution >= 0.6 is 0 Å². The molecule has 2 aliphatic rings. The molecule has 38 heavy (non-hydrogen) atoms. The third kappa shape index (κ3) is 7.01. The Bertz CT molecular complexity index is 1150. The van der Waals surface area contributed by atoms with Crippen LogP contribution < -0.4 is 10.6 Å². The number of benzene rings is 3. The Hall–Kier alpha value is -3.19. The van der Waals surface area contributed by atoms with Crippen molar-refractivity contribution in [2.75, 3.05) is 38.0 Å². The number of para-hydroxylation sites is 1. The first-order valence-corrected chi connectivity index (χ1v) is 14.1. The number of likely N-dealkylation sites (tertiary alicyclic amines) is 2. The van der Waals surface area contributed by atoms with E-state index in [9.17, 15) is 9.90 Å². The third-order valence-electron chi connectivity index (χ3n) is 7.90. The topological polar surface area (TPSA) is 67.8 Å². The van der Waals surface area contributed by atoms with E-state index >= 15 is 0 Å². The highest BCUT2D eigenvalue weighted by molar-refractivity contribution is 5.94. The third-order valence-corrected chi connectivity index (χ3v) is 7.90. The van der Waals surface area contributed by atoms with Crippen LogP contribution in [0.3, 0.4) is 0 Å². The van der Waals surface area contributed by atoms with Gasteiger partial charge in [-0.25, -0.2) is 4.79 Å². The molecule has 6 heteroatoms. The van der Waals surface area contributed by atoms with Crippen LogP contribution in [0.25, 0.3) is 11.1 Å². The summed E-state index contributed by atoms with van der Waals surface area (Å²) in [5.74, 6) is 0. The molecule has 0 saturated carbocycles. The highest BCUT2D eigenvalue weighted by Gasteiger charge is 2.27. The molecule has 2 amide bonds. The van der Waals surface area contributed by atoms with Crippen molar-refractivity contribution in [3.63, 3.8) is 0 Å². The van der Waals surface area contributed by atoms with Crippen LogP contribution in [0, 0.1) is 0 Å². The van der Waals surface area contributed by atoms with Gasteiger partial charge in [-0.1, -0.05) is 85.3 Å². The van der Waals surface area contributed by atoms with Crippen LogP contribution in [0.4, 0.5) is 10.5 Å². The maximum atomic E-state index is 12.8. The Morgan fingerprint density at radius 1 is 0.816 bits per heavy atom. The first-order valence-electron chi connectivity index (χ1n) is 14.1. The lowest BCUT2D eigenvalue weighted by Gasteiger charge is -2.39. The van der Waals surface area contributed by atoms with Crippen LogP contribution in [0.2, 0.25) is 0 Å². The summed E-state index contributed by atoms with van der Waals surface area (Å²) in [6.45, 7) is 4.20. The van der Waals surface area contributed by atoms with E-state index in [0.29, 0.717) is 19.1 Å². The molecule has 2 fully saturated rings. The number of rotatable bonds is 8. The second-order valence-electron chi connectivity index (χ2n) is 10.7. The van der Waals surface area contributed by atoms with Crippen molar-refractivity contribution in [3.05, 3.63) is 90.5 Å². The predicted octanol–water partition coefficient (Wildman–Crippen LogP) is 5.53. The lowest BCUT2D eigenvalue weighted by atomic mass is 9.95. The van der Waals surface area contributed by atoms with E-state index in [1.165, 1.54) is 18.4 Å². The second-order valence-corrected chi connectivity index (χ2v) is 10.7. The fraction of sp³-hybridized carbons (Fsp3) is 0.406. The molecule has 0 spiro atoms. The number of hydrogen-bond donors (Lipinski definition) is 3. The van der Waals surface area contributed by atoms with Crippen LogP contribution in [0.15, 0.2) is 84.9 Å². The highest BCUT2D eigenvalue weighted by Crippen LogP contribution is 2.31. The van der Waals surface area contributed by atoms with Crippen molar-refractivity contribution in [1.29, 1.82) is 0 Å². The molecule has 0 aliphatic carbocycles. The first-order chi connectivity index (χ1) is 18.7. The van der Waals surface area contributed by atoms with E-state index in [4.69, 9.17) is 0 Å². The predicted molar refractivity (Wildman–Crippen MR) is 154 cm³/mol. The number of piperidine rings is 2. The van der Waals surface area contributed by atoms with Crippen LogP contribution in [-0.2, 0) is 0 Å². The molecule has 3 N–H and O–H groups in total. The quantitative estimate of drug-likeness (QED) is 0.371. The minimum Gasteiger partial charge on any atom is -0.390 e. The zero-order valence-electron chi connectivity index (χ0n) is 22.1. The molecule has 0 radical (unpaired) electrons. The second kappa shape index (κ2) is 13.1. The molecular weight excluding hydrogens is 472 g/mol. The molecule has 0 bridgehead atoms. The average Bonchev–Trinajstić information content (AvgIpc) is 2.95. The summed E-state index contributed by atoms with van der Waals surface area (Å²) in [6, 6.07) is 29.1. The summed E-state index contributed by atoms with van der Waals surface area (Å²) in [6.07, 6.45) is 5.00. The Morgan fingerprint density at radius 2 is 1.50 bits per heavy atom. The maximum Gasteiger partial charge on any atom is 0.319 e. The summed E-state index contributed by atoms with van der Waals surface area (Å²) in [7, 11) is 0. The number of amides is 2. The molecule has 2 saturated heterocycles. The average molecular weight is 513 g/mol. The summed E-state index contributed by atoms with van der Waals surface area (Å²) in [4.78, 5) is 17.6. The summed E-state index contributed by atoms with van der Waals surface area (Å²) in [5.41, 5.74) is 4.25. The van der Waals surface area contributed by atoms with Gasteiger partial charge in [-0.05, 0) is 49.4 Å². The van der Waals surface area contributed by atoms with Gasteiger partial charge in [0.1, 0.15) is 0 Å². The zero-order chi connectivity index (χ0) is 26.2. The van der Waals surface area contributed by atoms with Gasteiger partial charge in [0.05, 0.1) is 11.8 Å². The molecule has 2 aliphatic heterocycles. The van der Waals surface area contributed by atoms with E-state index in [1.54, 1.807) is 0 Å². The molecule has 3 aromatic carbocycles. The van der Waals surface area contributed by atoms with Crippen molar-refractivity contribution in [2.45, 2.75) is 50.3 Å². The van der Waals surface area contributed by atoms with Crippen LogP contribution in [-0.4, -0.2) is 65.8 Å². The molecule has 5 rings (SSSR count). The molecule has 2 heterocycles. The van der Waals surface area contributed by atoms with Gasteiger partial charge < -0.3 is 20.6 Å². The lowest BCUT2D eigenvalue weighted by Crippen LogP contribution is -2.49. The number of hydrogen-bond acceptors (Lipinski definition) is 4. The van der Waals surface area contributed by atoms with E-state index in [1.807, 2.05) is 42.5 Å². The Kier molecular flexibility index (Phi) is 9.07. The molecule has 0 aromatic heterocycles. The Labute approximate surface area is 226 Å². The van der Waals surface area contributed by atoms with Gasteiger partial charge >= 0.3 is 6.03 Å². The van der Waals surface area contributed by atoms with Gasteiger partial charge in [0.25, 0.3) is 0 Å². The van der Waals surface area contributed by atoms with Gasteiger partial charge in [-0.15, -0.1) is 0 Å². The Balaban J connectivity index is 1.07. The number of nitrogens with one attached hydrogen (secondary N) is 2. The normalized spacial score (nSPS) is 20.1. The maximum absolute atomic E-state index is 12.8. The molecular formula is C32H40N4O2. The highest BCUT2D eigenvalue weighted by atomic mass is 16.3. The SMILES string of the molecule is O=C(Nc1ccccc1-c1ccccc1)NC1CCN(CC(O)CN2CCCC[C@H]2c2ccccc2)CC1. The fourth-order valence-electron chi connectivity index (χ4n) is 5.95. The number of carbonyl (C=O) groups is 1.